The van der Waals surface area contributed by atoms with Crippen molar-refractivity contribution in [2.24, 2.45) is 5.92 Å². The number of hydrogen-bond donors (Lipinski definition) is 3. The molecule has 104 valence electrons. The van der Waals surface area contributed by atoms with E-state index in [1.807, 2.05) is 0 Å². The molecular formula is C12H22ClN3O2. The summed E-state index contributed by atoms with van der Waals surface area (Å²) in [6, 6.07) is -0.320. The fourth-order valence-corrected chi connectivity index (χ4v) is 2.45. The second-order valence-electron chi connectivity index (χ2n) is 4.87. The average Bonchev–Trinajstić information content (AvgIpc) is 2.56. The average molecular weight is 276 g/mol. The number of carbonyl (C=O) groups is 2. The van der Waals surface area contributed by atoms with Crippen LogP contribution in [0.15, 0.2) is 0 Å². The van der Waals surface area contributed by atoms with Crippen LogP contribution in [0.25, 0.3) is 0 Å². The Kier molecular flexibility index (Phi) is 6.43. The molecule has 0 aromatic heterocycles. The molecule has 6 heteroatoms. The molecule has 2 amide bonds. The zero-order valence-electron chi connectivity index (χ0n) is 10.5. The van der Waals surface area contributed by atoms with Crippen molar-refractivity contribution < 1.29 is 9.59 Å². The first-order chi connectivity index (χ1) is 8.27. The van der Waals surface area contributed by atoms with E-state index in [-0.39, 0.29) is 36.2 Å². The van der Waals surface area contributed by atoms with Gasteiger partial charge in [-0.25, -0.2) is 0 Å². The lowest BCUT2D eigenvalue weighted by molar-refractivity contribution is -0.131. The Morgan fingerprint density at radius 3 is 2.56 bits per heavy atom. The van der Waals surface area contributed by atoms with Crippen LogP contribution in [0.5, 0.6) is 0 Å². The van der Waals surface area contributed by atoms with E-state index in [1.165, 1.54) is 0 Å². The minimum Gasteiger partial charge on any atom is -0.354 e. The molecule has 0 aromatic rings. The van der Waals surface area contributed by atoms with Gasteiger partial charge in [0.15, 0.2) is 0 Å². The van der Waals surface area contributed by atoms with Gasteiger partial charge in [-0.15, -0.1) is 12.4 Å². The lowest BCUT2D eigenvalue weighted by atomic mass is 9.96. The second-order valence-corrected chi connectivity index (χ2v) is 4.87. The van der Waals surface area contributed by atoms with Gasteiger partial charge in [-0.1, -0.05) is 0 Å². The molecule has 0 aromatic carbocycles. The third-order valence-electron chi connectivity index (χ3n) is 3.56. The summed E-state index contributed by atoms with van der Waals surface area (Å²) < 4.78 is 0. The van der Waals surface area contributed by atoms with E-state index in [0.717, 1.165) is 51.7 Å². The molecule has 1 atom stereocenters. The van der Waals surface area contributed by atoms with Crippen molar-refractivity contribution >= 4 is 24.2 Å². The summed E-state index contributed by atoms with van der Waals surface area (Å²) in [5.41, 5.74) is 0. The first-order valence-corrected chi connectivity index (χ1v) is 6.56. The monoisotopic (exact) mass is 275 g/mol. The lowest BCUT2D eigenvalue weighted by Crippen LogP contribution is -2.48. The van der Waals surface area contributed by atoms with Crippen molar-refractivity contribution in [3.8, 4) is 0 Å². The van der Waals surface area contributed by atoms with Crippen LogP contribution in [0, 0.1) is 5.92 Å². The maximum Gasteiger partial charge on any atom is 0.242 e. The Morgan fingerprint density at radius 1 is 1.11 bits per heavy atom. The Balaban J connectivity index is 0.00000162. The minimum atomic E-state index is -0.320. The molecule has 0 aliphatic carbocycles. The van der Waals surface area contributed by atoms with Crippen molar-refractivity contribution in [2.75, 3.05) is 19.6 Å². The SMILES string of the molecule is Cl.O=C(NC1CCCCNC1=O)C1CCNCC1. The zero-order valence-corrected chi connectivity index (χ0v) is 11.4. The van der Waals surface area contributed by atoms with Gasteiger partial charge in [0.25, 0.3) is 0 Å². The standard InChI is InChI=1S/C12H21N3O2.ClH/c16-11(9-4-7-13-8-5-9)15-10-3-1-2-6-14-12(10)17;/h9-10,13H,1-8H2,(H,14,17)(H,15,16);1H. The van der Waals surface area contributed by atoms with Crippen molar-refractivity contribution in [1.29, 1.82) is 0 Å². The quantitative estimate of drug-likeness (QED) is 0.674. The summed E-state index contributed by atoms with van der Waals surface area (Å²) >= 11 is 0. The molecule has 0 bridgehead atoms. The number of carbonyl (C=O) groups excluding carboxylic acids is 2. The molecule has 0 spiro atoms. The molecule has 0 saturated carbocycles. The number of amides is 2. The summed E-state index contributed by atoms with van der Waals surface area (Å²) in [5.74, 6) is 0.102. The van der Waals surface area contributed by atoms with Gasteiger partial charge >= 0.3 is 0 Å². The molecule has 2 heterocycles. The molecule has 18 heavy (non-hydrogen) atoms. The molecule has 2 saturated heterocycles. The molecule has 2 aliphatic rings. The van der Waals surface area contributed by atoms with Crippen LogP contribution in [0.4, 0.5) is 0 Å². The third-order valence-corrected chi connectivity index (χ3v) is 3.56. The largest absolute Gasteiger partial charge is 0.354 e. The lowest BCUT2D eigenvalue weighted by Gasteiger charge is -2.24. The van der Waals surface area contributed by atoms with Gasteiger partial charge in [0.1, 0.15) is 6.04 Å². The summed E-state index contributed by atoms with van der Waals surface area (Å²) in [4.78, 5) is 23.7. The number of piperidine rings is 1. The highest BCUT2D eigenvalue weighted by Crippen LogP contribution is 2.13. The summed E-state index contributed by atoms with van der Waals surface area (Å²) in [7, 11) is 0. The van der Waals surface area contributed by atoms with Gasteiger partial charge in [0.05, 0.1) is 0 Å². The summed E-state index contributed by atoms with van der Waals surface area (Å²) in [6.45, 7) is 2.53. The fraction of sp³-hybridized carbons (Fsp3) is 0.833. The number of nitrogens with one attached hydrogen (secondary N) is 3. The molecule has 2 aliphatic heterocycles. The summed E-state index contributed by atoms with van der Waals surface area (Å²) in [6.07, 6.45) is 4.52. The Labute approximate surface area is 114 Å². The smallest absolute Gasteiger partial charge is 0.242 e. The molecule has 2 rings (SSSR count). The Bertz CT molecular complexity index is 293. The van der Waals surface area contributed by atoms with E-state index < -0.39 is 0 Å². The third kappa shape index (κ3) is 4.14. The fourth-order valence-electron chi connectivity index (χ4n) is 2.45. The molecular weight excluding hydrogens is 254 g/mol. The van der Waals surface area contributed by atoms with Crippen LogP contribution >= 0.6 is 12.4 Å². The first-order valence-electron chi connectivity index (χ1n) is 6.56. The zero-order chi connectivity index (χ0) is 12.1. The van der Waals surface area contributed by atoms with Gasteiger partial charge in [-0.2, -0.15) is 0 Å². The predicted octanol–water partition coefficient (Wildman–Crippen LogP) is 0.193. The van der Waals surface area contributed by atoms with Crippen molar-refractivity contribution in [2.45, 2.75) is 38.1 Å². The highest BCUT2D eigenvalue weighted by molar-refractivity contribution is 5.88. The number of rotatable bonds is 2. The highest BCUT2D eigenvalue weighted by atomic mass is 35.5. The number of halogens is 1. The van der Waals surface area contributed by atoms with E-state index in [1.54, 1.807) is 0 Å². The van der Waals surface area contributed by atoms with E-state index in [4.69, 9.17) is 0 Å². The molecule has 5 nitrogen and oxygen atoms in total. The maximum atomic E-state index is 12.0. The Morgan fingerprint density at radius 2 is 1.83 bits per heavy atom. The van der Waals surface area contributed by atoms with Gasteiger partial charge in [-0.05, 0) is 45.2 Å². The van der Waals surface area contributed by atoms with E-state index >= 15 is 0 Å². The van der Waals surface area contributed by atoms with E-state index in [9.17, 15) is 9.59 Å². The van der Waals surface area contributed by atoms with Crippen LogP contribution in [-0.4, -0.2) is 37.5 Å². The molecule has 1 unspecified atom stereocenters. The summed E-state index contributed by atoms with van der Waals surface area (Å²) in [5, 5.41) is 8.97. The van der Waals surface area contributed by atoms with Crippen LogP contribution in [0.1, 0.15) is 32.1 Å². The first kappa shape index (κ1) is 15.2. The second kappa shape index (κ2) is 7.59. The minimum absolute atomic E-state index is 0. The topological polar surface area (TPSA) is 70.2 Å². The predicted molar refractivity (Wildman–Crippen MR) is 71.6 cm³/mol. The van der Waals surface area contributed by atoms with Gasteiger partial charge in [0, 0.05) is 12.5 Å². The van der Waals surface area contributed by atoms with Gasteiger partial charge in [-0.3, -0.25) is 9.59 Å². The van der Waals surface area contributed by atoms with Gasteiger partial charge < -0.3 is 16.0 Å². The van der Waals surface area contributed by atoms with Gasteiger partial charge in [0.2, 0.25) is 11.8 Å². The van der Waals surface area contributed by atoms with Crippen LogP contribution in [0.3, 0.4) is 0 Å². The highest BCUT2D eigenvalue weighted by Gasteiger charge is 2.27. The van der Waals surface area contributed by atoms with Crippen LogP contribution in [0.2, 0.25) is 0 Å². The number of hydrogen-bond acceptors (Lipinski definition) is 3. The normalized spacial score (nSPS) is 25.6. The Hall–Kier alpha value is -0.810. The molecule has 3 N–H and O–H groups in total. The van der Waals surface area contributed by atoms with Crippen LogP contribution in [-0.2, 0) is 9.59 Å². The van der Waals surface area contributed by atoms with Crippen LogP contribution < -0.4 is 16.0 Å². The van der Waals surface area contributed by atoms with E-state index in [0.29, 0.717) is 0 Å². The molecule has 0 radical (unpaired) electrons. The van der Waals surface area contributed by atoms with Crippen molar-refractivity contribution in [3.05, 3.63) is 0 Å². The van der Waals surface area contributed by atoms with Crippen molar-refractivity contribution in [1.82, 2.24) is 16.0 Å². The maximum absolute atomic E-state index is 12.0. The van der Waals surface area contributed by atoms with Crippen molar-refractivity contribution in [3.63, 3.8) is 0 Å². The van der Waals surface area contributed by atoms with E-state index in [2.05, 4.69) is 16.0 Å². The molecule has 2 fully saturated rings.